The van der Waals surface area contributed by atoms with Gasteiger partial charge in [-0.2, -0.15) is 0 Å². The lowest BCUT2D eigenvalue weighted by molar-refractivity contribution is 0.101. The van der Waals surface area contributed by atoms with Gasteiger partial charge in [-0.15, -0.1) is 0 Å². The van der Waals surface area contributed by atoms with E-state index >= 15 is 0 Å². The van der Waals surface area contributed by atoms with E-state index in [1.165, 1.54) is 6.92 Å². The number of anilines is 2. The van der Waals surface area contributed by atoms with Crippen molar-refractivity contribution in [1.29, 1.82) is 0 Å². The second-order valence-electron chi connectivity index (χ2n) is 6.87. The maximum Gasteiger partial charge on any atom is 0.321 e. The molecular weight excluding hydrogens is 358 g/mol. The van der Waals surface area contributed by atoms with Crippen LogP contribution in [0.3, 0.4) is 0 Å². The quantitative estimate of drug-likeness (QED) is 0.828. The Morgan fingerprint density at radius 2 is 1.57 bits per heavy atom. The summed E-state index contributed by atoms with van der Waals surface area (Å²) in [6.45, 7) is 5.43. The number of amides is 2. The minimum Gasteiger partial charge on any atom is -0.486 e. The molecule has 1 N–H and O–H groups in total. The topological polar surface area (TPSA) is 71.1 Å². The number of benzene rings is 2. The van der Waals surface area contributed by atoms with E-state index in [4.69, 9.17) is 9.47 Å². The van der Waals surface area contributed by atoms with Gasteiger partial charge >= 0.3 is 6.03 Å². The first-order chi connectivity index (χ1) is 13.6. The number of hydrogen-bond acceptors (Lipinski definition) is 5. The fraction of sp³-hybridized carbons (Fsp3) is 0.333. The van der Waals surface area contributed by atoms with Crippen molar-refractivity contribution < 1.29 is 19.1 Å². The summed E-state index contributed by atoms with van der Waals surface area (Å²) in [5.74, 6) is 1.56. The number of nitrogens with zero attached hydrogens (tertiary/aromatic N) is 2. The van der Waals surface area contributed by atoms with Crippen LogP contribution in [0.15, 0.2) is 42.5 Å². The van der Waals surface area contributed by atoms with Gasteiger partial charge in [-0.3, -0.25) is 4.79 Å². The van der Waals surface area contributed by atoms with Crippen LogP contribution in [0.25, 0.3) is 0 Å². The summed E-state index contributed by atoms with van der Waals surface area (Å²) >= 11 is 0. The van der Waals surface area contributed by atoms with Crippen molar-refractivity contribution in [2.24, 2.45) is 0 Å². The molecule has 0 saturated carbocycles. The first-order valence-corrected chi connectivity index (χ1v) is 9.42. The van der Waals surface area contributed by atoms with E-state index in [1.54, 1.807) is 29.2 Å². The van der Waals surface area contributed by atoms with Gasteiger partial charge in [0.1, 0.15) is 13.2 Å². The van der Waals surface area contributed by atoms with Gasteiger partial charge in [0.2, 0.25) is 0 Å². The van der Waals surface area contributed by atoms with Gasteiger partial charge in [0.05, 0.1) is 0 Å². The second kappa shape index (κ2) is 7.80. The van der Waals surface area contributed by atoms with Crippen molar-refractivity contribution in [3.8, 4) is 11.5 Å². The average Bonchev–Trinajstić information content (AvgIpc) is 2.74. The Balaban J connectivity index is 1.33. The predicted octanol–water partition coefficient (Wildman–Crippen LogP) is 3.01. The van der Waals surface area contributed by atoms with Gasteiger partial charge < -0.3 is 24.6 Å². The number of ketones is 1. The third-order valence-electron chi connectivity index (χ3n) is 5.00. The molecule has 1 saturated heterocycles. The molecule has 28 heavy (non-hydrogen) atoms. The number of hydrogen-bond donors (Lipinski definition) is 1. The first kappa shape index (κ1) is 18.2. The smallest absolute Gasteiger partial charge is 0.321 e. The molecule has 146 valence electrons. The lowest BCUT2D eigenvalue weighted by Crippen LogP contribution is -2.50. The molecule has 1 fully saturated rings. The summed E-state index contributed by atoms with van der Waals surface area (Å²) in [5.41, 5.74) is 2.39. The summed E-state index contributed by atoms with van der Waals surface area (Å²) in [6, 6.07) is 12.8. The molecule has 2 aliphatic heterocycles. The van der Waals surface area contributed by atoms with E-state index in [9.17, 15) is 9.59 Å². The molecule has 0 unspecified atom stereocenters. The molecule has 4 rings (SSSR count). The van der Waals surface area contributed by atoms with Crippen LogP contribution < -0.4 is 19.7 Å². The largest absolute Gasteiger partial charge is 0.486 e. The van der Waals surface area contributed by atoms with E-state index in [2.05, 4.69) is 10.2 Å². The molecular formula is C21H23N3O4. The molecule has 0 atom stereocenters. The lowest BCUT2D eigenvalue weighted by atomic mass is 10.1. The van der Waals surface area contributed by atoms with Crippen LogP contribution in [0.4, 0.5) is 16.2 Å². The Kier molecular flexibility index (Phi) is 5.06. The van der Waals surface area contributed by atoms with Crippen LogP contribution in [-0.2, 0) is 0 Å². The van der Waals surface area contributed by atoms with Gasteiger partial charge in [0, 0.05) is 49.2 Å². The minimum atomic E-state index is -0.127. The number of ether oxygens (including phenoxy) is 2. The average molecular weight is 381 g/mol. The van der Waals surface area contributed by atoms with Gasteiger partial charge in [0.15, 0.2) is 17.3 Å². The normalized spacial score (nSPS) is 15.9. The molecule has 0 radical (unpaired) electrons. The molecule has 2 aromatic rings. The van der Waals surface area contributed by atoms with Crippen molar-refractivity contribution in [3.05, 3.63) is 48.0 Å². The number of nitrogens with one attached hydrogen (secondary N) is 1. The summed E-state index contributed by atoms with van der Waals surface area (Å²) in [5, 5.41) is 2.89. The summed E-state index contributed by atoms with van der Waals surface area (Å²) in [7, 11) is 0. The van der Waals surface area contributed by atoms with E-state index in [0.29, 0.717) is 37.6 Å². The standard InChI is InChI=1S/C21H23N3O4/c1-15(25)16-2-4-17(5-3-16)22-21(26)24-10-8-23(9-11-24)18-6-7-19-20(14-18)28-13-12-27-19/h2-7,14H,8-13H2,1H3,(H,22,26). The molecule has 0 spiro atoms. The highest BCUT2D eigenvalue weighted by atomic mass is 16.6. The van der Waals surface area contributed by atoms with Crippen molar-refractivity contribution in [1.82, 2.24) is 4.90 Å². The maximum atomic E-state index is 12.5. The summed E-state index contributed by atoms with van der Waals surface area (Å²) in [6.07, 6.45) is 0. The van der Waals surface area contributed by atoms with Crippen LogP contribution in [0.1, 0.15) is 17.3 Å². The van der Waals surface area contributed by atoms with Crippen molar-refractivity contribution in [2.45, 2.75) is 6.92 Å². The molecule has 2 aromatic carbocycles. The summed E-state index contributed by atoms with van der Waals surface area (Å²) in [4.78, 5) is 27.9. The van der Waals surface area contributed by atoms with E-state index in [-0.39, 0.29) is 11.8 Å². The van der Waals surface area contributed by atoms with Gasteiger partial charge in [0.25, 0.3) is 0 Å². The minimum absolute atomic E-state index is 0.00754. The molecule has 0 bridgehead atoms. The Labute approximate surface area is 163 Å². The van der Waals surface area contributed by atoms with Crippen molar-refractivity contribution >= 4 is 23.2 Å². The number of Topliss-reactive ketones (excluding diaryl/α,β-unsaturated/α-hetero) is 1. The van der Waals surface area contributed by atoms with E-state index in [0.717, 1.165) is 30.3 Å². The zero-order chi connectivity index (χ0) is 19.5. The first-order valence-electron chi connectivity index (χ1n) is 9.42. The number of carbonyl (C=O) groups excluding carboxylic acids is 2. The van der Waals surface area contributed by atoms with Crippen LogP contribution in [-0.4, -0.2) is 56.1 Å². The van der Waals surface area contributed by atoms with E-state index < -0.39 is 0 Å². The van der Waals surface area contributed by atoms with Crippen LogP contribution in [0.2, 0.25) is 0 Å². The van der Waals surface area contributed by atoms with Gasteiger partial charge in [-0.1, -0.05) is 0 Å². The number of rotatable bonds is 3. The zero-order valence-electron chi connectivity index (χ0n) is 15.8. The van der Waals surface area contributed by atoms with Gasteiger partial charge in [-0.25, -0.2) is 4.79 Å². The molecule has 0 aromatic heterocycles. The number of carbonyl (C=O) groups is 2. The summed E-state index contributed by atoms with van der Waals surface area (Å²) < 4.78 is 11.2. The molecule has 2 amide bonds. The Bertz CT molecular complexity index is 874. The zero-order valence-corrected chi connectivity index (χ0v) is 15.8. The highest BCUT2D eigenvalue weighted by molar-refractivity contribution is 5.95. The fourth-order valence-electron chi connectivity index (χ4n) is 3.39. The number of fused-ring (bicyclic) bond motifs is 1. The van der Waals surface area contributed by atoms with E-state index in [1.807, 2.05) is 18.2 Å². The second-order valence-corrected chi connectivity index (χ2v) is 6.87. The molecule has 2 aliphatic rings. The van der Waals surface area contributed by atoms with Crippen LogP contribution in [0, 0.1) is 0 Å². The monoisotopic (exact) mass is 381 g/mol. The highest BCUT2D eigenvalue weighted by Crippen LogP contribution is 2.34. The Morgan fingerprint density at radius 1 is 0.893 bits per heavy atom. The SMILES string of the molecule is CC(=O)c1ccc(NC(=O)N2CCN(c3ccc4c(c3)OCCO4)CC2)cc1. The van der Waals surface area contributed by atoms with Gasteiger partial charge in [-0.05, 0) is 43.3 Å². The van der Waals surface area contributed by atoms with Crippen molar-refractivity contribution in [2.75, 3.05) is 49.6 Å². The lowest BCUT2D eigenvalue weighted by Gasteiger charge is -2.36. The van der Waals surface area contributed by atoms with Crippen molar-refractivity contribution in [3.63, 3.8) is 0 Å². The molecule has 7 heteroatoms. The maximum absolute atomic E-state index is 12.5. The predicted molar refractivity (Wildman–Crippen MR) is 107 cm³/mol. The van der Waals surface area contributed by atoms with Crippen LogP contribution in [0.5, 0.6) is 11.5 Å². The molecule has 2 heterocycles. The third-order valence-corrected chi connectivity index (χ3v) is 5.00. The Hall–Kier alpha value is -3.22. The number of piperazine rings is 1. The molecule has 7 nitrogen and oxygen atoms in total. The van der Waals surface area contributed by atoms with Crippen LogP contribution >= 0.6 is 0 Å². The Morgan fingerprint density at radius 3 is 2.25 bits per heavy atom. The fourth-order valence-corrected chi connectivity index (χ4v) is 3.39. The third kappa shape index (κ3) is 3.88. The number of urea groups is 1. The highest BCUT2D eigenvalue weighted by Gasteiger charge is 2.22. The molecule has 0 aliphatic carbocycles.